The smallest absolute Gasteiger partial charge is 0.0983 e. The number of hydrogen-bond acceptors (Lipinski definition) is 4. The van der Waals surface area contributed by atoms with E-state index in [1.54, 1.807) is 27.7 Å². The Labute approximate surface area is 86.3 Å². The van der Waals surface area contributed by atoms with Gasteiger partial charge in [-0.05, 0) is 34.1 Å². The van der Waals surface area contributed by atoms with Gasteiger partial charge in [0.05, 0.1) is 16.9 Å². The monoisotopic (exact) mass is 204 g/mol. The normalized spacial score (nSPS) is 16.9. The SMILES string of the molecule is CCC(C(C)(C)O)C(N)(N)C(C)(C)O. The molecule has 0 amide bonds. The summed E-state index contributed by atoms with van der Waals surface area (Å²) in [5.41, 5.74) is 8.27. The number of hydrogen-bond donors (Lipinski definition) is 4. The van der Waals surface area contributed by atoms with Crippen molar-refractivity contribution in [2.75, 3.05) is 0 Å². The summed E-state index contributed by atoms with van der Waals surface area (Å²) in [4.78, 5) is 0. The summed E-state index contributed by atoms with van der Waals surface area (Å²) in [5, 5.41) is 19.8. The van der Waals surface area contributed by atoms with Crippen molar-refractivity contribution in [3.05, 3.63) is 0 Å². The van der Waals surface area contributed by atoms with E-state index in [9.17, 15) is 10.2 Å². The van der Waals surface area contributed by atoms with E-state index in [-0.39, 0.29) is 5.92 Å². The molecule has 4 nitrogen and oxygen atoms in total. The largest absolute Gasteiger partial charge is 0.390 e. The molecule has 0 aromatic rings. The number of aliphatic hydroxyl groups is 2. The van der Waals surface area contributed by atoms with Gasteiger partial charge in [0, 0.05) is 5.92 Å². The zero-order valence-electron chi connectivity index (χ0n) is 9.83. The van der Waals surface area contributed by atoms with E-state index in [1.165, 1.54) is 0 Å². The van der Waals surface area contributed by atoms with Crippen LogP contribution in [-0.4, -0.2) is 27.1 Å². The van der Waals surface area contributed by atoms with Gasteiger partial charge in [-0.1, -0.05) is 6.92 Å². The van der Waals surface area contributed by atoms with Crippen molar-refractivity contribution >= 4 is 0 Å². The van der Waals surface area contributed by atoms with Gasteiger partial charge >= 0.3 is 0 Å². The first kappa shape index (κ1) is 13.8. The molecule has 0 fully saturated rings. The van der Waals surface area contributed by atoms with Crippen molar-refractivity contribution in [1.82, 2.24) is 0 Å². The third-order valence-corrected chi connectivity index (χ3v) is 2.90. The average Bonchev–Trinajstić information content (AvgIpc) is 1.80. The maximum Gasteiger partial charge on any atom is 0.0983 e. The highest BCUT2D eigenvalue weighted by molar-refractivity contribution is 5.02. The standard InChI is InChI=1S/C10H24N2O2/c1-6-7(8(2,3)13)10(11,12)9(4,5)14/h7,13-14H,6,11-12H2,1-5H3. The molecule has 0 spiro atoms. The molecular formula is C10H24N2O2. The fraction of sp³-hybridized carbons (Fsp3) is 1.00. The van der Waals surface area contributed by atoms with Gasteiger partial charge < -0.3 is 21.7 Å². The van der Waals surface area contributed by atoms with Crippen molar-refractivity contribution in [2.24, 2.45) is 17.4 Å². The van der Waals surface area contributed by atoms with Gasteiger partial charge in [0.25, 0.3) is 0 Å². The summed E-state index contributed by atoms with van der Waals surface area (Å²) in [6.07, 6.45) is 0.612. The molecule has 0 radical (unpaired) electrons. The average molecular weight is 204 g/mol. The Kier molecular flexibility index (Phi) is 3.73. The van der Waals surface area contributed by atoms with Crippen molar-refractivity contribution < 1.29 is 10.2 Å². The van der Waals surface area contributed by atoms with Gasteiger partial charge in [-0.3, -0.25) is 0 Å². The molecule has 1 unspecified atom stereocenters. The van der Waals surface area contributed by atoms with Crippen LogP contribution >= 0.6 is 0 Å². The first-order chi connectivity index (χ1) is 5.94. The molecule has 14 heavy (non-hydrogen) atoms. The summed E-state index contributed by atoms with van der Waals surface area (Å²) < 4.78 is 0. The second-order valence-corrected chi connectivity index (χ2v) is 5.11. The quantitative estimate of drug-likeness (QED) is 0.491. The second-order valence-electron chi connectivity index (χ2n) is 5.11. The molecule has 86 valence electrons. The van der Waals surface area contributed by atoms with E-state index in [4.69, 9.17) is 11.5 Å². The molecule has 0 aromatic carbocycles. The Bertz CT molecular complexity index is 189. The van der Waals surface area contributed by atoms with Crippen molar-refractivity contribution in [3.8, 4) is 0 Å². The van der Waals surface area contributed by atoms with Crippen molar-refractivity contribution in [1.29, 1.82) is 0 Å². The minimum Gasteiger partial charge on any atom is -0.390 e. The van der Waals surface area contributed by atoms with Crippen LogP contribution < -0.4 is 11.5 Å². The van der Waals surface area contributed by atoms with Gasteiger partial charge in [0.1, 0.15) is 0 Å². The predicted molar refractivity (Wildman–Crippen MR) is 57.5 cm³/mol. The highest BCUT2D eigenvalue weighted by atomic mass is 16.3. The Morgan fingerprint density at radius 3 is 1.50 bits per heavy atom. The zero-order chi connectivity index (χ0) is 11.8. The minimum atomic E-state index is -1.31. The molecule has 0 aliphatic heterocycles. The topological polar surface area (TPSA) is 92.5 Å². The minimum absolute atomic E-state index is 0.366. The summed E-state index contributed by atoms with van der Waals surface area (Å²) in [7, 11) is 0. The molecule has 0 heterocycles. The highest BCUT2D eigenvalue weighted by Crippen LogP contribution is 2.32. The van der Waals surface area contributed by atoms with Gasteiger partial charge in [0.2, 0.25) is 0 Å². The molecule has 0 aliphatic rings. The third kappa shape index (κ3) is 2.67. The summed E-state index contributed by atoms with van der Waals surface area (Å²) >= 11 is 0. The zero-order valence-corrected chi connectivity index (χ0v) is 9.83. The Hall–Kier alpha value is -0.160. The predicted octanol–water partition coefficient (Wildman–Crippen LogP) is 0.168. The van der Waals surface area contributed by atoms with Crippen LogP contribution in [0.5, 0.6) is 0 Å². The molecule has 0 saturated heterocycles. The van der Waals surface area contributed by atoms with Crippen molar-refractivity contribution in [2.45, 2.75) is 57.9 Å². The van der Waals surface area contributed by atoms with E-state index in [0.717, 1.165) is 0 Å². The van der Waals surface area contributed by atoms with Gasteiger partial charge in [-0.2, -0.15) is 0 Å². The molecular weight excluding hydrogens is 180 g/mol. The van der Waals surface area contributed by atoms with Crippen LogP contribution in [0.1, 0.15) is 41.0 Å². The first-order valence-electron chi connectivity index (χ1n) is 4.97. The molecule has 0 aliphatic carbocycles. The molecule has 0 aromatic heterocycles. The van der Waals surface area contributed by atoms with Crippen LogP contribution in [0.25, 0.3) is 0 Å². The van der Waals surface area contributed by atoms with Crippen LogP contribution in [0.2, 0.25) is 0 Å². The van der Waals surface area contributed by atoms with Gasteiger partial charge in [-0.15, -0.1) is 0 Å². The van der Waals surface area contributed by atoms with E-state index in [0.29, 0.717) is 6.42 Å². The molecule has 1 atom stereocenters. The summed E-state index contributed by atoms with van der Waals surface area (Å²) in [6.45, 7) is 8.31. The first-order valence-corrected chi connectivity index (χ1v) is 4.97. The number of rotatable bonds is 4. The van der Waals surface area contributed by atoms with E-state index >= 15 is 0 Å². The Balaban J connectivity index is 5.04. The Morgan fingerprint density at radius 1 is 1.07 bits per heavy atom. The lowest BCUT2D eigenvalue weighted by molar-refractivity contribution is -0.0958. The maximum atomic E-state index is 9.91. The fourth-order valence-electron chi connectivity index (χ4n) is 1.85. The lowest BCUT2D eigenvalue weighted by Gasteiger charge is -2.47. The molecule has 6 N–H and O–H groups in total. The highest BCUT2D eigenvalue weighted by Gasteiger charge is 2.48. The third-order valence-electron chi connectivity index (χ3n) is 2.90. The Morgan fingerprint density at radius 2 is 1.43 bits per heavy atom. The lowest BCUT2D eigenvalue weighted by Crippen LogP contribution is -2.72. The van der Waals surface area contributed by atoms with E-state index in [2.05, 4.69) is 0 Å². The maximum absolute atomic E-state index is 9.91. The fourth-order valence-corrected chi connectivity index (χ4v) is 1.85. The van der Waals surface area contributed by atoms with Crippen LogP contribution in [-0.2, 0) is 0 Å². The van der Waals surface area contributed by atoms with Crippen molar-refractivity contribution in [3.63, 3.8) is 0 Å². The molecule has 0 rings (SSSR count). The van der Waals surface area contributed by atoms with E-state index < -0.39 is 16.9 Å². The summed E-state index contributed by atoms with van der Waals surface area (Å²) in [5.74, 6) is -0.366. The van der Waals surface area contributed by atoms with Crippen LogP contribution in [0.4, 0.5) is 0 Å². The number of nitrogens with two attached hydrogens (primary N) is 2. The van der Waals surface area contributed by atoms with E-state index in [1.807, 2.05) is 6.92 Å². The van der Waals surface area contributed by atoms with Crippen LogP contribution in [0.15, 0.2) is 0 Å². The molecule has 0 saturated carbocycles. The molecule has 0 bridgehead atoms. The van der Waals surface area contributed by atoms with Crippen LogP contribution in [0.3, 0.4) is 0 Å². The summed E-state index contributed by atoms with van der Waals surface area (Å²) in [6, 6.07) is 0. The molecule has 4 heteroatoms. The lowest BCUT2D eigenvalue weighted by atomic mass is 9.72. The second kappa shape index (κ2) is 3.77. The van der Waals surface area contributed by atoms with Crippen LogP contribution in [0, 0.1) is 5.92 Å². The van der Waals surface area contributed by atoms with Gasteiger partial charge in [0.15, 0.2) is 0 Å². The van der Waals surface area contributed by atoms with Gasteiger partial charge in [-0.25, -0.2) is 0 Å².